The van der Waals surface area contributed by atoms with E-state index >= 15 is 0 Å². The predicted octanol–water partition coefficient (Wildman–Crippen LogP) is 3.85. The molecule has 0 spiro atoms. The van der Waals surface area contributed by atoms with Crippen LogP contribution < -0.4 is 19.5 Å². The SMILES string of the molecule is COCCOc1cc(NC(=O)CCSc2ccc(OC)cc2)ccc1OC. The highest BCUT2D eigenvalue weighted by molar-refractivity contribution is 7.99. The number of carbonyl (C=O) groups excluding carboxylic acids is 1. The molecule has 6 nitrogen and oxygen atoms in total. The van der Waals surface area contributed by atoms with E-state index in [0.717, 1.165) is 10.6 Å². The van der Waals surface area contributed by atoms with E-state index < -0.39 is 0 Å². The van der Waals surface area contributed by atoms with Gasteiger partial charge in [-0.3, -0.25) is 4.79 Å². The van der Waals surface area contributed by atoms with Crippen LogP contribution in [-0.4, -0.2) is 46.2 Å². The third kappa shape index (κ3) is 7.03. The summed E-state index contributed by atoms with van der Waals surface area (Å²) in [6.45, 7) is 0.880. The summed E-state index contributed by atoms with van der Waals surface area (Å²) in [5.41, 5.74) is 0.669. The zero-order chi connectivity index (χ0) is 19.5. The topological polar surface area (TPSA) is 66.0 Å². The van der Waals surface area contributed by atoms with Gasteiger partial charge in [0, 0.05) is 35.9 Å². The molecule has 2 rings (SSSR count). The number of amides is 1. The number of hydrogen-bond donors (Lipinski definition) is 1. The Morgan fingerprint density at radius 1 is 0.963 bits per heavy atom. The Hall–Kier alpha value is -2.38. The van der Waals surface area contributed by atoms with Crippen molar-refractivity contribution in [1.29, 1.82) is 0 Å². The van der Waals surface area contributed by atoms with Crippen molar-refractivity contribution in [2.45, 2.75) is 11.3 Å². The van der Waals surface area contributed by atoms with E-state index in [1.165, 1.54) is 0 Å². The van der Waals surface area contributed by atoms with Gasteiger partial charge < -0.3 is 24.3 Å². The van der Waals surface area contributed by atoms with E-state index in [4.69, 9.17) is 18.9 Å². The Morgan fingerprint density at radius 2 is 1.74 bits per heavy atom. The summed E-state index contributed by atoms with van der Waals surface area (Å²) in [6.07, 6.45) is 0.405. The van der Waals surface area contributed by atoms with Crippen LogP contribution in [0.15, 0.2) is 47.4 Å². The van der Waals surface area contributed by atoms with Crippen molar-refractivity contribution in [2.75, 3.05) is 45.6 Å². The number of hydrogen-bond acceptors (Lipinski definition) is 6. The molecule has 0 saturated heterocycles. The molecule has 1 N–H and O–H groups in total. The predicted molar refractivity (Wildman–Crippen MR) is 107 cm³/mol. The van der Waals surface area contributed by atoms with E-state index in [9.17, 15) is 4.79 Å². The monoisotopic (exact) mass is 391 g/mol. The molecule has 146 valence electrons. The third-order valence-corrected chi connectivity index (χ3v) is 4.66. The molecule has 0 aliphatic heterocycles. The number of ether oxygens (including phenoxy) is 4. The number of nitrogens with one attached hydrogen (secondary N) is 1. The molecule has 0 unspecified atom stereocenters. The minimum absolute atomic E-state index is 0.0518. The molecule has 2 aromatic rings. The first-order chi connectivity index (χ1) is 13.2. The Bertz CT molecular complexity index is 721. The molecule has 0 aromatic heterocycles. The van der Waals surface area contributed by atoms with Gasteiger partial charge in [0.1, 0.15) is 12.4 Å². The van der Waals surface area contributed by atoms with Crippen molar-refractivity contribution in [3.63, 3.8) is 0 Å². The lowest BCUT2D eigenvalue weighted by atomic mass is 10.2. The Kier molecular flexibility index (Phi) is 8.80. The number of methoxy groups -OCH3 is 3. The lowest BCUT2D eigenvalue weighted by molar-refractivity contribution is -0.115. The second kappa shape index (κ2) is 11.4. The summed E-state index contributed by atoms with van der Waals surface area (Å²) in [5, 5.41) is 2.89. The van der Waals surface area contributed by atoms with Crippen molar-refractivity contribution in [3.05, 3.63) is 42.5 Å². The fourth-order valence-electron chi connectivity index (χ4n) is 2.26. The second-order valence-corrected chi connectivity index (χ2v) is 6.70. The molecule has 0 saturated carbocycles. The Labute approximate surface area is 164 Å². The normalized spacial score (nSPS) is 10.3. The van der Waals surface area contributed by atoms with E-state index in [1.54, 1.807) is 51.3 Å². The van der Waals surface area contributed by atoms with E-state index in [-0.39, 0.29) is 5.91 Å². The molecule has 0 aliphatic rings. The van der Waals surface area contributed by atoms with Crippen LogP contribution in [0.2, 0.25) is 0 Å². The summed E-state index contributed by atoms with van der Waals surface area (Å²) in [7, 11) is 4.83. The highest BCUT2D eigenvalue weighted by Gasteiger charge is 2.09. The van der Waals surface area contributed by atoms with Crippen LogP contribution >= 0.6 is 11.8 Å². The summed E-state index contributed by atoms with van der Waals surface area (Å²) in [6, 6.07) is 13.1. The van der Waals surface area contributed by atoms with Crippen molar-refractivity contribution >= 4 is 23.4 Å². The molecular weight excluding hydrogens is 366 g/mol. The van der Waals surface area contributed by atoms with E-state index in [2.05, 4.69) is 5.32 Å². The molecule has 0 atom stereocenters. The van der Waals surface area contributed by atoms with Gasteiger partial charge in [-0.15, -0.1) is 11.8 Å². The van der Waals surface area contributed by atoms with Crippen LogP contribution in [0.1, 0.15) is 6.42 Å². The molecule has 0 fully saturated rings. The molecule has 2 aromatic carbocycles. The first-order valence-electron chi connectivity index (χ1n) is 8.52. The molecule has 0 heterocycles. The van der Waals surface area contributed by atoms with Gasteiger partial charge in [-0.2, -0.15) is 0 Å². The van der Waals surface area contributed by atoms with Crippen LogP contribution in [-0.2, 0) is 9.53 Å². The maximum atomic E-state index is 12.2. The molecule has 1 amide bonds. The smallest absolute Gasteiger partial charge is 0.225 e. The van der Waals surface area contributed by atoms with E-state index in [0.29, 0.717) is 42.6 Å². The van der Waals surface area contributed by atoms with E-state index in [1.807, 2.05) is 24.3 Å². The number of carbonyl (C=O) groups is 1. The molecular formula is C20H25NO5S. The van der Waals surface area contributed by atoms with Crippen molar-refractivity contribution in [2.24, 2.45) is 0 Å². The lowest BCUT2D eigenvalue weighted by Crippen LogP contribution is -2.12. The van der Waals surface area contributed by atoms with Crippen LogP contribution in [0, 0.1) is 0 Å². The quantitative estimate of drug-likeness (QED) is 0.464. The maximum Gasteiger partial charge on any atom is 0.225 e. The molecule has 0 bridgehead atoms. The summed E-state index contributed by atoms with van der Waals surface area (Å²) in [4.78, 5) is 13.3. The highest BCUT2D eigenvalue weighted by Crippen LogP contribution is 2.30. The van der Waals surface area contributed by atoms with Crippen molar-refractivity contribution < 1.29 is 23.7 Å². The van der Waals surface area contributed by atoms with Gasteiger partial charge in [0.25, 0.3) is 0 Å². The Morgan fingerprint density at radius 3 is 2.41 bits per heavy atom. The van der Waals surface area contributed by atoms with Gasteiger partial charge in [-0.05, 0) is 36.4 Å². The van der Waals surface area contributed by atoms with Crippen molar-refractivity contribution in [1.82, 2.24) is 0 Å². The minimum Gasteiger partial charge on any atom is -0.497 e. The summed E-state index contributed by atoms with van der Waals surface area (Å²) in [5.74, 6) is 2.63. The fraction of sp³-hybridized carbons (Fsp3) is 0.350. The van der Waals surface area contributed by atoms with Gasteiger partial charge >= 0.3 is 0 Å². The average Bonchev–Trinajstić information content (AvgIpc) is 2.69. The first kappa shape index (κ1) is 20.9. The summed E-state index contributed by atoms with van der Waals surface area (Å²) >= 11 is 1.63. The summed E-state index contributed by atoms with van der Waals surface area (Å²) < 4.78 is 21.0. The largest absolute Gasteiger partial charge is 0.497 e. The van der Waals surface area contributed by atoms with Crippen molar-refractivity contribution in [3.8, 4) is 17.2 Å². The standard InChI is InChI=1S/C20H25NO5S/c1-23-11-12-26-19-14-15(4-9-18(19)25-3)21-20(22)10-13-27-17-7-5-16(24-2)6-8-17/h4-9,14H,10-13H2,1-3H3,(H,21,22). The van der Waals surface area contributed by atoms with Gasteiger partial charge in [0.2, 0.25) is 5.91 Å². The molecule has 27 heavy (non-hydrogen) atoms. The average molecular weight is 391 g/mol. The van der Waals surface area contributed by atoms with Crippen LogP contribution in [0.4, 0.5) is 5.69 Å². The van der Waals surface area contributed by atoms with Gasteiger partial charge in [-0.25, -0.2) is 0 Å². The number of anilines is 1. The fourth-order valence-corrected chi connectivity index (χ4v) is 3.11. The third-order valence-electron chi connectivity index (χ3n) is 3.65. The zero-order valence-electron chi connectivity index (χ0n) is 15.8. The van der Waals surface area contributed by atoms with Crippen LogP contribution in [0.25, 0.3) is 0 Å². The van der Waals surface area contributed by atoms with Gasteiger partial charge in [0.15, 0.2) is 11.5 Å². The second-order valence-electron chi connectivity index (χ2n) is 5.53. The number of benzene rings is 2. The number of rotatable bonds is 11. The highest BCUT2D eigenvalue weighted by atomic mass is 32.2. The van der Waals surface area contributed by atoms with Crippen LogP contribution in [0.5, 0.6) is 17.2 Å². The molecule has 0 radical (unpaired) electrons. The number of thioether (sulfide) groups is 1. The molecule has 0 aliphatic carbocycles. The van der Waals surface area contributed by atoms with Crippen LogP contribution in [0.3, 0.4) is 0 Å². The lowest BCUT2D eigenvalue weighted by Gasteiger charge is -2.13. The Balaban J connectivity index is 1.84. The zero-order valence-corrected chi connectivity index (χ0v) is 16.6. The van der Waals surface area contributed by atoms with Gasteiger partial charge in [-0.1, -0.05) is 0 Å². The first-order valence-corrected chi connectivity index (χ1v) is 9.51. The van der Waals surface area contributed by atoms with Gasteiger partial charge in [0.05, 0.1) is 20.8 Å². The molecule has 7 heteroatoms. The maximum absolute atomic E-state index is 12.2. The minimum atomic E-state index is -0.0518.